The molecule has 0 saturated heterocycles. The zero-order valence-corrected chi connectivity index (χ0v) is 7.71. The maximum atomic E-state index is 11.3. The Morgan fingerprint density at radius 2 is 1.92 bits per heavy atom. The molecule has 5 heteroatoms. The third-order valence-corrected chi connectivity index (χ3v) is 1.83. The molecule has 1 amide bonds. The fourth-order valence-corrected chi connectivity index (χ4v) is 1.24. The summed E-state index contributed by atoms with van der Waals surface area (Å²) in [5.74, 6) is 2.63. The fraction of sp³-hybridized carbons (Fsp3) is 0. The Kier molecular flexibility index (Phi) is 2.69. The van der Waals surface area contributed by atoms with Crippen LogP contribution < -0.4 is 9.86 Å². The Bertz CT molecular complexity index is 397. The maximum absolute atomic E-state index is 11.3. The topological polar surface area (TPSA) is 72.2 Å². The number of benzene rings is 1. The molecule has 4 nitrogen and oxygen atoms in total. The van der Waals surface area contributed by atoms with Gasteiger partial charge in [0.15, 0.2) is 0 Å². The van der Waals surface area contributed by atoms with Gasteiger partial charge in [0.25, 0.3) is 5.91 Å². The molecule has 0 fully saturated rings. The molecule has 0 saturated carbocycles. The highest BCUT2D eigenvalue weighted by Crippen LogP contribution is 1.97. The molecule has 1 atom stereocenters. The van der Waals surface area contributed by atoms with Crippen molar-refractivity contribution >= 4 is 21.7 Å². The summed E-state index contributed by atoms with van der Waals surface area (Å²) in [6, 6.07) is 8.38. The van der Waals surface area contributed by atoms with Crippen LogP contribution in [0.25, 0.3) is 0 Å². The average Bonchev–Trinajstić information content (AvgIpc) is 2.03. The SMILES string of the molecule is C=S(N)(=O)NC(=O)c1ccccc1. The molecule has 70 valence electrons. The van der Waals surface area contributed by atoms with E-state index in [4.69, 9.17) is 5.14 Å². The van der Waals surface area contributed by atoms with Gasteiger partial charge in [0.1, 0.15) is 9.89 Å². The summed E-state index contributed by atoms with van der Waals surface area (Å²) in [6.45, 7) is 0. The largest absolute Gasteiger partial charge is 0.268 e. The van der Waals surface area contributed by atoms with Gasteiger partial charge >= 0.3 is 0 Å². The van der Waals surface area contributed by atoms with Crippen molar-refractivity contribution in [2.24, 2.45) is 5.14 Å². The van der Waals surface area contributed by atoms with Crippen molar-refractivity contribution in [3.8, 4) is 0 Å². The van der Waals surface area contributed by atoms with Gasteiger partial charge in [-0.25, -0.2) is 9.35 Å². The molecule has 13 heavy (non-hydrogen) atoms. The summed E-state index contributed by atoms with van der Waals surface area (Å²) in [4.78, 5) is 11.3. The van der Waals surface area contributed by atoms with Gasteiger partial charge in [0, 0.05) is 5.56 Å². The number of carbonyl (C=O) groups is 1. The second kappa shape index (κ2) is 3.59. The lowest BCUT2D eigenvalue weighted by molar-refractivity contribution is 0.0983. The highest BCUT2D eigenvalue weighted by molar-refractivity contribution is 7.96. The van der Waals surface area contributed by atoms with Crippen molar-refractivity contribution in [3.05, 3.63) is 35.9 Å². The van der Waals surface area contributed by atoms with Gasteiger partial charge in [0.2, 0.25) is 0 Å². The van der Waals surface area contributed by atoms with Gasteiger partial charge in [0.05, 0.1) is 0 Å². The number of amides is 1. The van der Waals surface area contributed by atoms with E-state index in [1.165, 1.54) is 0 Å². The molecular weight excluding hydrogens is 188 g/mol. The molecule has 0 aliphatic heterocycles. The van der Waals surface area contributed by atoms with Crippen LogP contribution in [0.3, 0.4) is 0 Å². The summed E-state index contributed by atoms with van der Waals surface area (Å²) in [5, 5.41) is 5.06. The molecule has 0 bridgehead atoms. The molecule has 0 radical (unpaired) electrons. The van der Waals surface area contributed by atoms with Crippen molar-refractivity contribution in [3.63, 3.8) is 0 Å². The van der Waals surface area contributed by atoms with Crippen LogP contribution in [0.2, 0.25) is 0 Å². The third kappa shape index (κ3) is 3.27. The Hall–Kier alpha value is -1.33. The van der Waals surface area contributed by atoms with E-state index in [0.29, 0.717) is 5.56 Å². The normalized spacial score (nSPS) is 14.5. The molecule has 1 unspecified atom stereocenters. The van der Waals surface area contributed by atoms with Gasteiger partial charge in [-0.1, -0.05) is 18.2 Å². The second-order valence-corrected chi connectivity index (χ2v) is 4.18. The van der Waals surface area contributed by atoms with E-state index < -0.39 is 15.8 Å². The van der Waals surface area contributed by atoms with Gasteiger partial charge in [-0.3, -0.25) is 9.52 Å². The number of rotatable bonds is 2. The average molecular weight is 198 g/mol. The molecule has 1 aromatic rings. The van der Waals surface area contributed by atoms with Crippen LogP contribution in [0.1, 0.15) is 10.4 Å². The van der Waals surface area contributed by atoms with Gasteiger partial charge in [-0.05, 0) is 18.0 Å². The van der Waals surface area contributed by atoms with Gasteiger partial charge in [-0.15, -0.1) is 0 Å². The Labute approximate surface area is 77.0 Å². The number of carbonyl (C=O) groups excluding carboxylic acids is 1. The predicted molar refractivity (Wildman–Crippen MR) is 53.4 cm³/mol. The minimum atomic E-state index is -2.97. The summed E-state index contributed by atoms with van der Waals surface area (Å²) < 4.78 is 13.0. The van der Waals surface area contributed by atoms with Crippen LogP contribution in [0.4, 0.5) is 0 Å². The van der Waals surface area contributed by atoms with Crippen LogP contribution in [0, 0.1) is 0 Å². The molecule has 0 aromatic heterocycles. The van der Waals surface area contributed by atoms with Crippen LogP contribution in [0.15, 0.2) is 30.3 Å². The Morgan fingerprint density at radius 1 is 1.38 bits per heavy atom. The second-order valence-electron chi connectivity index (χ2n) is 2.52. The first-order valence-corrected chi connectivity index (χ1v) is 5.30. The first-order valence-electron chi connectivity index (χ1n) is 3.51. The first-order chi connectivity index (χ1) is 5.99. The van der Waals surface area contributed by atoms with Crippen molar-refractivity contribution in [2.45, 2.75) is 0 Å². The monoisotopic (exact) mass is 198 g/mol. The van der Waals surface area contributed by atoms with Crippen molar-refractivity contribution in [2.75, 3.05) is 0 Å². The predicted octanol–water partition coefficient (Wildman–Crippen LogP) is -0.0785. The number of nitrogens with two attached hydrogens (primary N) is 1. The van der Waals surface area contributed by atoms with E-state index in [1.54, 1.807) is 30.3 Å². The summed E-state index contributed by atoms with van der Waals surface area (Å²) in [7, 11) is -2.97. The van der Waals surface area contributed by atoms with Crippen LogP contribution in [0.5, 0.6) is 0 Å². The van der Waals surface area contributed by atoms with Crippen LogP contribution >= 0.6 is 0 Å². The standard InChI is InChI=1S/C8H10N2O2S/c1-13(9,12)10-8(11)7-5-3-2-4-6-7/h2-6H,1H2,(H3,9,10,11,12). The van der Waals surface area contributed by atoms with E-state index in [2.05, 4.69) is 10.6 Å². The molecular formula is C8H10N2O2S. The summed E-state index contributed by atoms with van der Waals surface area (Å²) >= 11 is 0. The van der Waals surface area contributed by atoms with E-state index in [9.17, 15) is 9.00 Å². The van der Waals surface area contributed by atoms with E-state index >= 15 is 0 Å². The highest BCUT2D eigenvalue weighted by Gasteiger charge is 2.06. The summed E-state index contributed by atoms with van der Waals surface area (Å²) in [5.41, 5.74) is 0.407. The van der Waals surface area contributed by atoms with Crippen molar-refractivity contribution < 1.29 is 9.00 Å². The minimum Gasteiger partial charge on any atom is -0.268 e. The quantitative estimate of drug-likeness (QED) is 0.652. The van der Waals surface area contributed by atoms with Crippen LogP contribution in [-0.4, -0.2) is 16.0 Å². The lowest BCUT2D eigenvalue weighted by atomic mass is 10.2. The first kappa shape index (κ1) is 9.76. The molecule has 0 aliphatic rings. The van der Waals surface area contributed by atoms with Crippen molar-refractivity contribution in [1.82, 2.24) is 4.72 Å². The van der Waals surface area contributed by atoms with Crippen molar-refractivity contribution in [1.29, 1.82) is 0 Å². The number of nitrogens with one attached hydrogen (secondary N) is 1. The zero-order chi connectivity index (χ0) is 9.90. The van der Waals surface area contributed by atoms with E-state index in [1.807, 2.05) is 0 Å². The molecule has 3 N–H and O–H groups in total. The molecule has 1 rings (SSSR count). The lowest BCUT2D eigenvalue weighted by Crippen LogP contribution is -2.35. The highest BCUT2D eigenvalue weighted by atomic mass is 32.2. The van der Waals surface area contributed by atoms with E-state index in [0.717, 1.165) is 0 Å². The Morgan fingerprint density at radius 3 is 2.38 bits per heavy atom. The zero-order valence-electron chi connectivity index (χ0n) is 6.90. The van der Waals surface area contributed by atoms with Crippen LogP contribution in [-0.2, 0) is 9.89 Å². The smallest absolute Gasteiger partial charge is 0.263 e. The molecule has 1 aromatic carbocycles. The van der Waals surface area contributed by atoms with Gasteiger partial charge < -0.3 is 0 Å². The molecule has 0 spiro atoms. The Balaban J connectivity index is 2.82. The fourth-order valence-electron chi connectivity index (χ4n) is 0.805. The maximum Gasteiger partial charge on any atom is 0.263 e. The lowest BCUT2D eigenvalue weighted by Gasteiger charge is -2.04. The van der Waals surface area contributed by atoms with Gasteiger partial charge in [-0.2, -0.15) is 0 Å². The molecule has 0 aliphatic carbocycles. The molecule has 0 heterocycles. The number of hydrogen-bond donors (Lipinski definition) is 2. The summed E-state index contributed by atoms with van der Waals surface area (Å²) in [6.07, 6.45) is 0. The van der Waals surface area contributed by atoms with E-state index in [-0.39, 0.29) is 0 Å². The number of hydrogen-bond acceptors (Lipinski definition) is 2. The third-order valence-electron chi connectivity index (χ3n) is 1.30. The minimum absolute atomic E-state index is 0.407.